The molecule has 1 aromatic rings. The lowest BCUT2D eigenvalue weighted by atomic mass is 10.1. The van der Waals surface area contributed by atoms with Gasteiger partial charge in [0.2, 0.25) is 0 Å². The first-order valence-corrected chi connectivity index (χ1v) is 5.05. The first kappa shape index (κ1) is 11.8. The monoisotopic (exact) mass is 211 g/mol. The SMILES string of the molecule is CC(c1ccoc1)N(C)CCCC(=O)O. The fourth-order valence-electron chi connectivity index (χ4n) is 1.44. The van der Waals surface area contributed by atoms with Crippen LogP contribution in [-0.4, -0.2) is 29.6 Å². The molecule has 0 aromatic carbocycles. The van der Waals surface area contributed by atoms with E-state index >= 15 is 0 Å². The van der Waals surface area contributed by atoms with E-state index in [1.807, 2.05) is 13.1 Å². The molecule has 0 fully saturated rings. The highest BCUT2D eigenvalue weighted by Gasteiger charge is 2.12. The highest BCUT2D eigenvalue weighted by molar-refractivity contribution is 5.66. The molecule has 0 bridgehead atoms. The Balaban J connectivity index is 2.33. The molecule has 1 rings (SSSR count). The number of aliphatic carboxylic acids is 1. The van der Waals surface area contributed by atoms with E-state index in [-0.39, 0.29) is 12.5 Å². The van der Waals surface area contributed by atoms with Crippen LogP contribution in [0.25, 0.3) is 0 Å². The van der Waals surface area contributed by atoms with Gasteiger partial charge in [0.25, 0.3) is 0 Å². The van der Waals surface area contributed by atoms with Crippen molar-refractivity contribution in [2.45, 2.75) is 25.8 Å². The predicted molar refractivity (Wildman–Crippen MR) is 56.6 cm³/mol. The Hall–Kier alpha value is -1.29. The van der Waals surface area contributed by atoms with Gasteiger partial charge in [-0.15, -0.1) is 0 Å². The average Bonchev–Trinajstić information content (AvgIpc) is 2.68. The molecule has 0 saturated heterocycles. The number of carbonyl (C=O) groups is 1. The van der Waals surface area contributed by atoms with Crippen molar-refractivity contribution in [1.82, 2.24) is 4.90 Å². The largest absolute Gasteiger partial charge is 0.481 e. The lowest BCUT2D eigenvalue weighted by Crippen LogP contribution is -2.23. The van der Waals surface area contributed by atoms with E-state index in [9.17, 15) is 4.79 Å². The Kier molecular flexibility index (Phi) is 4.37. The fraction of sp³-hybridized carbons (Fsp3) is 0.545. The molecule has 1 heterocycles. The van der Waals surface area contributed by atoms with Crippen LogP contribution < -0.4 is 0 Å². The van der Waals surface area contributed by atoms with Crippen LogP contribution in [0.3, 0.4) is 0 Å². The van der Waals surface area contributed by atoms with Crippen molar-refractivity contribution in [3.8, 4) is 0 Å². The minimum absolute atomic E-state index is 0.225. The molecule has 1 unspecified atom stereocenters. The lowest BCUT2D eigenvalue weighted by Gasteiger charge is -2.23. The zero-order valence-corrected chi connectivity index (χ0v) is 9.14. The van der Waals surface area contributed by atoms with Gasteiger partial charge in [-0.25, -0.2) is 0 Å². The standard InChI is InChI=1S/C11H17NO3/c1-9(10-5-7-15-8-10)12(2)6-3-4-11(13)14/h5,7-9H,3-4,6H2,1-2H3,(H,13,14). The summed E-state index contributed by atoms with van der Waals surface area (Å²) in [4.78, 5) is 12.5. The number of furan rings is 1. The molecular formula is C11H17NO3. The van der Waals surface area contributed by atoms with E-state index < -0.39 is 5.97 Å². The van der Waals surface area contributed by atoms with Gasteiger partial charge < -0.3 is 9.52 Å². The van der Waals surface area contributed by atoms with E-state index in [0.717, 1.165) is 12.1 Å². The summed E-state index contributed by atoms with van der Waals surface area (Å²) in [5.41, 5.74) is 1.12. The molecule has 0 amide bonds. The van der Waals surface area contributed by atoms with Gasteiger partial charge in [0.15, 0.2) is 0 Å². The molecule has 4 nitrogen and oxygen atoms in total. The van der Waals surface area contributed by atoms with Gasteiger partial charge in [-0.05, 0) is 33.0 Å². The van der Waals surface area contributed by atoms with Crippen LogP contribution in [0.15, 0.2) is 23.0 Å². The molecule has 1 atom stereocenters. The molecule has 0 aliphatic rings. The lowest BCUT2D eigenvalue weighted by molar-refractivity contribution is -0.137. The minimum atomic E-state index is -0.737. The molecule has 4 heteroatoms. The normalized spacial score (nSPS) is 13.0. The van der Waals surface area contributed by atoms with E-state index in [2.05, 4.69) is 11.8 Å². The second-order valence-electron chi connectivity index (χ2n) is 3.71. The minimum Gasteiger partial charge on any atom is -0.481 e. The van der Waals surface area contributed by atoms with Crippen molar-refractivity contribution in [3.63, 3.8) is 0 Å². The summed E-state index contributed by atoms with van der Waals surface area (Å²) in [6, 6.07) is 2.19. The number of nitrogens with zero attached hydrogens (tertiary/aromatic N) is 1. The summed E-state index contributed by atoms with van der Waals surface area (Å²) in [5.74, 6) is -0.737. The molecule has 0 saturated carbocycles. The predicted octanol–water partition coefficient (Wildman–Crippen LogP) is 2.14. The Bertz CT molecular complexity index is 295. The zero-order valence-electron chi connectivity index (χ0n) is 9.14. The maximum Gasteiger partial charge on any atom is 0.303 e. The fourth-order valence-corrected chi connectivity index (χ4v) is 1.44. The van der Waals surface area contributed by atoms with Crippen LogP contribution in [0.4, 0.5) is 0 Å². The van der Waals surface area contributed by atoms with Crippen LogP contribution in [0.1, 0.15) is 31.4 Å². The summed E-state index contributed by atoms with van der Waals surface area (Å²) in [7, 11) is 1.99. The quantitative estimate of drug-likeness (QED) is 0.783. The second kappa shape index (κ2) is 5.56. The molecular weight excluding hydrogens is 194 g/mol. The number of carboxylic acids is 1. The van der Waals surface area contributed by atoms with Crippen molar-refractivity contribution < 1.29 is 14.3 Å². The van der Waals surface area contributed by atoms with Crippen LogP contribution in [-0.2, 0) is 4.79 Å². The summed E-state index contributed by atoms with van der Waals surface area (Å²) in [6.07, 6.45) is 4.27. The maximum atomic E-state index is 10.3. The Morgan fingerprint density at radius 3 is 2.93 bits per heavy atom. The summed E-state index contributed by atoms with van der Waals surface area (Å²) < 4.78 is 5.01. The third kappa shape index (κ3) is 3.75. The van der Waals surface area contributed by atoms with Gasteiger partial charge in [0.05, 0.1) is 12.5 Å². The second-order valence-corrected chi connectivity index (χ2v) is 3.71. The van der Waals surface area contributed by atoms with Gasteiger partial charge in [0.1, 0.15) is 0 Å². The Morgan fingerprint density at radius 1 is 1.67 bits per heavy atom. The van der Waals surface area contributed by atoms with Crippen molar-refractivity contribution >= 4 is 5.97 Å². The molecule has 84 valence electrons. The molecule has 1 aromatic heterocycles. The molecule has 0 aliphatic carbocycles. The van der Waals surface area contributed by atoms with Crippen molar-refractivity contribution in [3.05, 3.63) is 24.2 Å². The van der Waals surface area contributed by atoms with E-state index in [1.165, 1.54) is 0 Å². The number of hydrogen-bond donors (Lipinski definition) is 1. The maximum absolute atomic E-state index is 10.3. The molecule has 1 N–H and O–H groups in total. The van der Waals surface area contributed by atoms with Crippen molar-refractivity contribution in [2.75, 3.05) is 13.6 Å². The number of hydrogen-bond acceptors (Lipinski definition) is 3. The summed E-state index contributed by atoms with van der Waals surface area (Å²) in [6.45, 7) is 2.85. The van der Waals surface area contributed by atoms with Gasteiger partial charge in [-0.3, -0.25) is 9.69 Å². The van der Waals surface area contributed by atoms with Crippen LogP contribution in [0.5, 0.6) is 0 Å². The van der Waals surface area contributed by atoms with Crippen LogP contribution in [0.2, 0.25) is 0 Å². The topological polar surface area (TPSA) is 53.7 Å². The van der Waals surface area contributed by atoms with Gasteiger partial charge >= 0.3 is 5.97 Å². The average molecular weight is 211 g/mol. The first-order chi connectivity index (χ1) is 7.11. The first-order valence-electron chi connectivity index (χ1n) is 5.05. The molecule has 0 radical (unpaired) electrons. The highest BCUT2D eigenvalue weighted by atomic mass is 16.4. The van der Waals surface area contributed by atoms with Gasteiger partial charge in [-0.1, -0.05) is 0 Å². The third-order valence-corrected chi connectivity index (χ3v) is 2.59. The molecule has 0 aliphatic heterocycles. The Labute approximate surface area is 89.5 Å². The van der Waals surface area contributed by atoms with E-state index in [1.54, 1.807) is 12.5 Å². The molecule has 0 spiro atoms. The van der Waals surface area contributed by atoms with Gasteiger partial charge in [0, 0.05) is 18.0 Å². The van der Waals surface area contributed by atoms with E-state index in [4.69, 9.17) is 9.52 Å². The third-order valence-electron chi connectivity index (χ3n) is 2.59. The Morgan fingerprint density at radius 2 is 2.40 bits per heavy atom. The van der Waals surface area contributed by atoms with Crippen molar-refractivity contribution in [1.29, 1.82) is 0 Å². The zero-order chi connectivity index (χ0) is 11.3. The van der Waals surface area contributed by atoms with Crippen molar-refractivity contribution in [2.24, 2.45) is 0 Å². The highest BCUT2D eigenvalue weighted by Crippen LogP contribution is 2.18. The molecule has 15 heavy (non-hydrogen) atoms. The van der Waals surface area contributed by atoms with Crippen LogP contribution >= 0.6 is 0 Å². The smallest absolute Gasteiger partial charge is 0.303 e. The van der Waals surface area contributed by atoms with E-state index in [0.29, 0.717) is 6.42 Å². The number of rotatable bonds is 6. The number of carboxylic acid groups (broad SMARTS) is 1. The van der Waals surface area contributed by atoms with Crippen LogP contribution in [0, 0.1) is 0 Å². The summed E-state index contributed by atoms with van der Waals surface area (Å²) in [5, 5.41) is 8.52. The van der Waals surface area contributed by atoms with Gasteiger partial charge in [-0.2, -0.15) is 0 Å². The summed E-state index contributed by atoms with van der Waals surface area (Å²) >= 11 is 0.